The van der Waals surface area contributed by atoms with E-state index >= 15 is 0 Å². The molecular weight excluding hydrogens is 218 g/mol. The van der Waals surface area contributed by atoms with Crippen LogP contribution in [0.15, 0.2) is 24.5 Å². The molecule has 5 nitrogen and oxygen atoms in total. The number of rotatable bonds is 4. The van der Waals surface area contributed by atoms with Crippen molar-refractivity contribution in [3.63, 3.8) is 0 Å². The van der Waals surface area contributed by atoms with Gasteiger partial charge in [-0.3, -0.25) is 9.88 Å². The molecule has 1 N–H and O–H groups in total. The molecule has 17 heavy (non-hydrogen) atoms. The van der Waals surface area contributed by atoms with Crippen molar-refractivity contribution in [2.24, 2.45) is 0 Å². The molecule has 1 aromatic heterocycles. The number of nitrogens with zero attached hydrogens (tertiary/aromatic N) is 2. The first kappa shape index (κ1) is 12.0. The van der Waals surface area contributed by atoms with Crippen LogP contribution >= 0.6 is 0 Å². The van der Waals surface area contributed by atoms with Gasteiger partial charge in [0.1, 0.15) is 6.61 Å². The quantitative estimate of drug-likeness (QED) is 0.753. The Morgan fingerprint density at radius 1 is 1.35 bits per heavy atom. The molecule has 92 valence electrons. The molecule has 0 spiro atoms. The lowest BCUT2D eigenvalue weighted by molar-refractivity contribution is 0.0456. The van der Waals surface area contributed by atoms with Gasteiger partial charge in [0, 0.05) is 45.1 Å². The molecule has 2 heterocycles. The van der Waals surface area contributed by atoms with E-state index in [9.17, 15) is 4.79 Å². The molecule has 0 aromatic carbocycles. The number of piperazine rings is 1. The van der Waals surface area contributed by atoms with Gasteiger partial charge >= 0.3 is 5.97 Å². The van der Waals surface area contributed by atoms with Gasteiger partial charge in [-0.05, 0) is 12.1 Å². The predicted octanol–water partition coefficient (Wildman–Crippen LogP) is 0.144. The Labute approximate surface area is 101 Å². The van der Waals surface area contributed by atoms with E-state index in [1.165, 1.54) is 0 Å². The minimum Gasteiger partial charge on any atom is -0.461 e. The lowest BCUT2D eigenvalue weighted by atomic mass is 10.3. The van der Waals surface area contributed by atoms with Gasteiger partial charge in [-0.2, -0.15) is 0 Å². The molecule has 0 atom stereocenters. The smallest absolute Gasteiger partial charge is 0.338 e. The van der Waals surface area contributed by atoms with E-state index in [0.29, 0.717) is 12.2 Å². The van der Waals surface area contributed by atoms with Crippen LogP contribution in [0.3, 0.4) is 0 Å². The third-order valence-corrected chi connectivity index (χ3v) is 2.77. The van der Waals surface area contributed by atoms with Crippen molar-refractivity contribution < 1.29 is 9.53 Å². The van der Waals surface area contributed by atoms with Crippen LogP contribution in [0, 0.1) is 0 Å². The van der Waals surface area contributed by atoms with Crippen molar-refractivity contribution in [1.82, 2.24) is 15.2 Å². The summed E-state index contributed by atoms with van der Waals surface area (Å²) in [5, 5.41) is 3.28. The minimum absolute atomic E-state index is 0.275. The molecule has 0 unspecified atom stereocenters. The molecule has 1 aliphatic rings. The molecule has 0 aliphatic carbocycles. The van der Waals surface area contributed by atoms with Crippen LogP contribution < -0.4 is 5.32 Å². The molecule has 0 saturated carbocycles. The zero-order valence-corrected chi connectivity index (χ0v) is 9.76. The first-order chi connectivity index (χ1) is 8.36. The number of esters is 1. The van der Waals surface area contributed by atoms with Crippen LogP contribution in [0.5, 0.6) is 0 Å². The van der Waals surface area contributed by atoms with Gasteiger partial charge in [0.15, 0.2) is 0 Å². The van der Waals surface area contributed by atoms with Crippen molar-refractivity contribution in [3.05, 3.63) is 30.1 Å². The highest BCUT2D eigenvalue weighted by atomic mass is 16.5. The standard InChI is InChI=1S/C12H17N3O2/c16-12(11-1-3-13-4-2-11)17-10-9-15-7-5-14-6-8-15/h1-4,14H,5-10H2. The molecular formula is C12H17N3O2. The molecule has 1 aromatic rings. The van der Waals surface area contributed by atoms with Crippen LogP contribution in [-0.2, 0) is 4.74 Å². The molecule has 0 radical (unpaired) electrons. The first-order valence-electron chi connectivity index (χ1n) is 5.86. The van der Waals surface area contributed by atoms with Crippen LogP contribution in [0.4, 0.5) is 0 Å². The average Bonchev–Trinajstić information content (AvgIpc) is 2.41. The van der Waals surface area contributed by atoms with Crippen molar-refractivity contribution >= 4 is 5.97 Å². The number of hydrogen-bond donors (Lipinski definition) is 1. The summed E-state index contributed by atoms with van der Waals surface area (Å²) in [5.74, 6) is -0.275. The summed E-state index contributed by atoms with van der Waals surface area (Å²) in [6.07, 6.45) is 3.18. The Bertz CT molecular complexity index is 350. The fourth-order valence-corrected chi connectivity index (χ4v) is 1.77. The van der Waals surface area contributed by atoms with Crippen LogP contribution in [0.2, 0.25) is 0 Å². The van der Waals surface area contributed by atoms with Gasteiger partial charge in [0.05, 0.1) is 5.56 Å². The van der Waals surface area contributed by atoms with E-state index in [1.54, 1.807) is 24.5 Å². The second-order valence-corrected chi connectivity index (χ2v) is 3.96. The lowest BCUT2D eigenvalue weighted by Gasteiger charge is -2.26. The van der Waals surface area contributed by atoms with Gasteiger partial charge in [0.2, 0.25) is 0 Å². The van der Waals surface area contributed by atoms with E-state index in [4.69, 9.17) is 4.74 Å². The van der Waals surface area contributed by atoms with Crippen molar-refractivity contribution in [2.45, 2.75) is 0 Å². The number of aromatic nitrogens is 1. The number of carbonyl (C=O) groups is 1. The molecule has 1 saturated heterocycles. The maximum absolute atomic E-state index is 11.6. The summed E-state index contributed by atoms with van der Waals surface area (Å²) in [7, 11) is 0. The predicted molar refractivity (Wildman–Crippen MR) is 63.8 cm³/mol. The Morgan fingerprint density at radius 2 is 2.06 bits per heavy atom. The van der Waals surface area contributed by atoms with E-state index in [1.807, 2.05) is 0 Å². The second kappa shape index (κ2) is 6.32. The summed E-state index contributed by atoms with van der Waals surface area (Å²) in [4.78, 5) is 17.8. The van der Waals surface area contributed by atoms with E-state index in [0.717, 1.165) is 32.7 Å². The summed E-state index contributed by atoms with van der Waals surface area (Å²) in [6.45, 7) is 5.32. The van der Waals surface area contributed by atoms with Gasteiger partial charge in [-0.15, -0.1) is 0 Å². The summed E-state index contributed by atoms with van der Waals surface area (Å²) >= 11 is 0. The Kier molecular flexibility index (Phi) is 4.46. The van der Waals surface area contributed by atoms with Gasteiger partial charge in [-0.1, -0.05) is 0 Å². The number of nitrogens with one attached hydrogen (secondary N) is 1. The van der Waals surface area contributed by atoms with Gasteiger partial charge < -0.3 is 10.1 Å². The Morgan fingerprint density at radius 3 is 2.76 bits per heavy atom. The van der Waals surface area contributed by atoms with E-state index in [-0.39, 0.29) is 5.97 Å². The molecule has 1 fully saturated rings. The summed E-state index contributed by atoms with van der Waals surface area (Å²) in [6, 6.07) is 3.32. The zero-order chi connectivity index (χ0) is 11.9. The molecule has 2 rings (SSSR count). The highest BCUT2D eigenvalue weighted by Crippen LogP contribution is 2.00. The summed E-state index contributed by atoms with van der Waals surface area (Å²) < 4.78 is 5.20. The number of ether oxygens (including phenoxy) is 1. The van der Waals surface area contributed by atoms with Crippen molar-refractivity contribution in [3.8, 4) is 0 Å². The fourth-order valence-electron chi connectivity index (χ4n) is 1.77. The molecule has 0 amide bonds. The number of pyridine rings is 1. The highest BCUT2D eigenvalue weighted by Gasteiger charge is 2.10. The topological polar surface area (TPSA) is 54.5 Å². The zero-order valence-electron chi connectivity index (χ0n) is 9.76. The van der Waals surface area contributed by atoms with Crippen molar-refractivity contribution in [1.29, 1.82) is 0 Å². The van der Waals surface area contributed by atoms with E-state index in [2.05, 4.69) is 15.2 Å². The monoisotopic (exact) mass is 235 g/mol. The normalized spacial score (nSPS) is 16.7. The summed E-state index contributed by atoms with van der Waals surface area (Å²) in [5.41, 5.74) is 0.556. The van der Waals surface area contributed by atoms with Gasteiger partial charge in [-0.25, -0.2) is 4.79 Å². The molecule has 0 bridgehead atoms. The maximum atomic E-state index is 11.6. The molecule has 5 heteroatoms. The highest BCUT2D eigenvalue weighted by molar-refractivity contribution is 5.89. The maximum Gasteiger partial charge on any atom is 0.338 e. The Balaban J connectivity index is 1.69. The Hall–Kier alpha value is -1.46. The van der Waals surface area contributed by atoms with E-state index < -0.39 is 0 Å². The largest absolute Gasteiger partial charge is 0.461 e. The number of carbonyl (C=O) groups excluding carboxylic acids is 1. The third-order valence-electron chi connectivity index (χ3n) is 2.77. The first-order valence-corrected chi connectivity index (χ1v) is 5.86. The fraction of sp³-hybridized carbons (Fsp3) is 0.500. The van der Waals surface area contributed by atoms with Crippen molar-refractivity contribution in [2.75, 3.05) is 39.3 Å². The van der Waals surface area contributed by atoms with Crippen LogP contribution in [0.1, 0.15) is 10.4 Å². The van der Waals surface area contributed by atoms with Gasteiger partial charge in [0.25, 0.3) is 0 Å². The molecule has 1 aliphatic heterocycles. The van der Waals surface area contributed by atoms with Crippen LogP contribution in [-0.4, -0.2) is 55.2 Å². The van der Waals surface area contributed by atoms with Crippen LogP contribution in [0.25, 0.3) is 0 Å². The number of hydrogen-bond acceptors (Lipinski definition) is 5. The third kappa shape index (κ3) is 3.80. The lowest BCUT2D eigenvalue weighted by Crippen LogP contribution is -2.44. The SMILES string of the molecule is O=C(OCCN1CCNCC1)c1ccncc1. The minimum atomic E-state index is -0.275. The second-order valence-electron chi connectivity index (χ2n) is 3.96. The average molecular weight is 235 g/mol.